The third kappa shape index (κ3) is 3.33. The lowest BCUT2D eigenvalue weighted by atomic mass is 10.0. The molecule has 6 nitrogen and oxygen atoms in total. The average molecular weight is 385 g/mol. The summed E-state index contributed by atoms with van der Waals surface area (Å²) in [7, 11) is 0. The van der Waals surface area contributed by atoms with E-state index >= 15 is 0 Å². The van der Waals surface area contributed by atoms with Crippen molar-refractivity contribution in [1.82, 2.24) is 9.55 Å². The van der Waals surface area contributed by atoms with Crippen LogP contribution in [0, 0.1) is 0 Å². The minimum Gasteiger partial charge on any atom is -0.434 e. The number of hydrogen-bond donors (Lipinski definition) is 0. The normalized spacial score (nSPS) is 13.6. The van der Waals surface area contributed by atoms with Crippen molar-refractivity contribution in [3.63, 3.8) is 0 Å². The van der Waals surface area contributed by atoms with E-state index in [9.17, 15) is 18.4 Å². The van der Waals surface area contributed by atoms with Crippen LogP contribution in [0.25, 0.3) is 11.0 Å². The van der Waals surface area contributed by atoms with E-state index in [1.165, 1.54) is 21.7 Å². The molecule has 0 N–H and O–H groups in total. The number of aromatic nitrogens is 2. The third-order valence-electron chi connectivity index (χ3n) is 4.77. The first kappa shape index (κ1) is 18.1. The third-order valence-corrected chi connectivity index (χ3v) is 4.77. The van der Waals surface area contributed by atoms with Crippen molar-refractivity contribution in [2.24, 2.45) is 0 Å². The van der Waals surface area contributed by atoms with Crippen LogP contribution in [0.4, 0.5) is 14.5 Å². The Hall–Kier alpha value is -3.29. The molecule has 0 saturated carbocycles. The van der Waals surface area contributed by atoms with E-state index in [0.29, 0.717) is 41.7 Å². The van der Waals surface area contributed by atoms with E-state index in [2.05, 4.69) is 9.72 Å². The van der Waals surface area contributed by atoms with Gasteiger partial charge in [-0.1, -0.05) is 18.2 Å². The lowest BCUT2D eigenvalue weighted by Crippen LogP contribution is -2.39. The zero-order valence-corrected chi connectivity index (χ0v) is 14.8. The van der Waals surface area contributed by atoms with E-state index in [-0.39, 0.29) is 23.8 Å². The minimum atomic E-state index is -2.93. The lowest BCUT2D eigenvalue weighted by molar-refractivity contribution is -0.119. The molecule has 2 heterocycles. The van der Waals surface area contributed by atoms with Crippen molar-refractivity contribution in [3.8, 4) is 5.75 Å². The van der Waals surface area contributed by atoms with Gasteiger partial charge in [-0.2, -0.15) is 8.78 Å². The predicted molar refractivity (Wildman–Crippen MR) is 99.8 cm³/mol. The molecule has 1 aliphatic heterocycles. The van der Waals surface area contributed by atoms with Gasteiger partial charge in [0.15, 0.2) is 0 Å². The summed E-state index contributed by atoms with van der Waals surface area (Å²) in [5.41, 5.74) is 1.92. The van der Waals surface area contributed by atoms with Gasteiger partial charge in [-0.25, -0.2) is 4.98 Å². The van der Waals surface area contributed by atoms with Crippen LogP contribution in [0.2, 0.25) is 0 Å². The zero-order chi connectivity index (χ0) is 19.7. The lowest BCUT2D eigenvalue weighted by Gasteiger charge is -2.31. The van der Waals surface area contributed by atoms with Crippen molar-refractivity contribution in [1.29, 1.82) is 0 Å². The van der Waals surface area contributed by atoms with Crippen LogP contribution in [0.3, 0.4) is 0 Å². The number of para-hydroxylation sites is 2. The highest BCUT2D eigenvalue weighted by Crippen LogP contribution is 2.35. The molecular weight excluding hydrogens is 368 g/mol. The maximum absolute atomic E-state index is 13.0. The van der Waals surface area contributed by atoms with Crippen LogP contribution in [0.5, 0.6) is 5.75 Å². The maximum Gasteiger partial charge on any atom is 0.387 e. The number of ether oxygens (including phenoxy) is 1. The maximum atomic E-state index is 13.0. The Morgan fingerprint density at radius 3 is 2.82 bits per heavy atom. The molecule has 0 bridgehead atoms. The first-order chi connectivity index (χ1) is 13.5. The molecule has 144 valence electrons. The second kappa shape index (κ2) is 7.38. The van der Waals surface area contributed by atoms with E-state index in [0.717, 1.165) is 0 Å². The van der Waals surface area contributed by atoms with Gasteiger partial charge in [0.2, 0.25) is 5.91 Å². The Labute approximate surface area is 159 Å². The molecule has 0 fully saturated rings. The molecule has 0 saturated heterocycles. The van der Waals surface area contributed by atoms with Gasteiger partial charge in [0.05, 0.1) is 22.9 Å². The van der Waals surface area contributed by atoms with Gasteiger partial charge >= 0.3 is 6.61 Å². The van der Waals surface area contributed by atoms with E-state index in [1.807, 2.05) is 0 Å². The number of anilines is 1. The number of hydrogen-bond acceptors (Lipinski definition) is 4. The monoisotopic (exact) mass is 385 g/mol. The van der Waals surface area contributed by atoms with Crippen LogP contribution < -0.4 is 15.2 Å². The van der Waals surface area contributed by atoms with Crippen LogP contribution in [0.1, 0.15) is 12.0 Å². The summed E-state index contributed by atoms with van der Waals surface area (Å²) < 4.78 is 31.3. The molecule has 0 atom stereocenters. The molecule has 3 aromatic rings. The summed E-state index contributed by atoms with van der Waals surface area (Å²) in [6, 6.07) is 11.8. The van der Waals surface area contributed by atoms with Crippen LogP contribution >= 0.6 is 0 Å². The summed E-state index contributed by atoms with van der Waals surface area (Å²) in [6.45, 7) is -2.65. The Kier molecular flexibility index (Phi) is 4.77. The van der Waals surface area contributed by atoms with Crippen molar-refractivity contribution in [2.75, 3.05) is 11.4 Å². The number of nitrogens with zero attached hydrogens (tertiary/aromatic N) is 3. The molecule has 4 rings (SSSR count). The van der Waals surface area contributed by atoms with Gasteiger partial charge in [0.1, 0.15) is 12.3 Å². The first-order valence-electron chi connectivity index (χ1n) is 8.86. The number of alkyl halides is 2. The number of amides is 1. The topological polar surface area (TPSA) is 64.4 Å². The number of carbonyl (C=O) groups excluding carboxylic acids is 1. The summed E-state index contributed by atoms with van der Waals surface area (Å²) in [6.07, 6.45) is 2.35. The SMILES string of the molecule is O=C(Cn1c(=O)cnc2ccccc21)N1CCCc2c(OC(F)F)cccc21. The highest BCUT2D eigenvalue weighted by Gasteiger charge is 2.26. The molecule has 0 radical (unpaired) electrons. The largest absolute Gasteiger partial charge is 0.434 e. The fourth-order valence-corrected chi connectivity index (χ4v) is 3.56. The Balaban J connectivity index is 1.68. The second-order valence-corrected chi connectivity index (χ2v) is 6.45. The summed E-state index contributed by atoms with van der Waals surface area (Å²) >= 11 is 0. The van der Waals surface area contributed by atoms with Gasteiger partial charge in [0, 0.05) is 12.1 Å². The fraction of sp³-hybridized carbons (Fsp3) is 0.250. The molecule has 0 unspecified atom stereocenters. The van der Waals surface area contributed by atoms with Gasteiger partial charge in [0.25, 0.3) is 5.56 Å². The number of halogens is 2. The molecule has 0 spiro atoms. The Morgan fingerprint density at radius 1 is 1.18 bits per heavy atom. The molecule has 28 heavy (non-hydrogen) atoms. The average Bonchev–Trinajstić information content (AvgIpc) is 2.69. The van der Waals surface area contributed by atoms with Crippen molar-refractivity contribution < 1.29 is 18.3 Å². The Morgan fingerprint density at radius 2 is 2.00 bits per heavy atom. The summed E-state index contributed by atoms with van der Waals surface area (Å²) in [5.74, 6) is -0.217. The minimum absolute atomic E-state index is 0.0801. The molecule has 1 aromatic heterocycles. The van der Waals surface area contributed by atoms with Gasteiger partial charge < -0.3 is 9.64 Å². The number of rotatable bonds is 4. The fourth-order valence-electron chi connectivity index (χ4n) is 3.56. The number of carbonyl (C=O) groups is 1. The standard InChI is InChI=1S/C20H17F2N3O3/c21-20(22)28-17-9-3-8-15-13(17)5-4-10-24(15)19(27)12-25-16-7-2-1-6-14(16)23-11-18(25)26/h1-3,6-9,11,20H,4-5,10,12H2. The predicted octanol–water partition coefficient (Wildman–Crippen LogP) is 2.98. The highest BCUT2D eigenvalue weighted by atomic mass is 19.3. The van der Waals surface area contributed by atoms with Gasteiger partial charge in [-0.05, 0) is 37.1 Å². The first-order valence-corrected chi connectivity index (χ1v) is 8.86. The smallest absolute Gasteiger partial charge is 0.387 e. The van der Waals surface area contributed by atoms with E-state index < -0.39 is 6.61 Å². The van der Waals surface area contributed by atoms with Crippen LogP contribution in [-0.4, -0.2) is 28.6 Å². The van der Waals surface area contributed by atoms with E-state index in [1.54, 1.807) is 36.4 Å². The summed E-state index contributed by atoms with van der Waals surface area (Å²) in [5, 5.41) is 0. The van der Waals surface area contributed by atoms with Crippen LogP contribution in [0.15, 0.2) is 53.5 Å². The second-order valence-electron chi connectivity index (χ2n) is 6.45. The van der Waals surface area contributed by atoms with Gasteiger partial charge in [-0.15, -0.1) is 0 Å². The van der Waals surface area contributed by atoms with Gasteiger partial charge in [-0.3, -0.25) is 14.2 Å². The van der Waals surface area contributed by atoms with Crippen molar-refractivity contribution in [2.45, 2.75) is 26.0 Å². The number of fused-ring (bicyclic) bond motifs is 2. The van der Waals surface area contributed by atoms with E-state index in [4.69, 9.17) is 0 Å². The Bertz CT molecular complexity index is 1100. The molecule has 2 aromatic carbocycles. The van der Waals surface area contributed by atoms with Crippen LogP contribution in [-0.2, 0) is 17.8 Å². The highest BCUT2D eigenvalue weighted by molar-refractivity contribution is 5.95. The molecular formula is C20H17F2N3O3. The zero-order valence-electron chi connectivity index (χ0n) is 14.8. The number of benzene rings is 2. The molecule has 1 aliphatic rings. The van der Waals surface area contributed by atoms with Crippen molar-refractivity contribution >= 4 is 22.6 Å². The molecule has 0 aliphatic carbocycles. The molecule has 1 amide bonds. The quantitative estimate of drug-likeness (QED) is 0.693. The van der Waals surface area contributed by atoms with Crippen molar-refractivity contribution in [3.05, 3.63) is 64.6 Å². The summed E-state index contributed by atoms with van der Waals surface area (Å²) in [4.78, 5) is 30.9. The molecule has 8 heteroatoms.